The average Bonchev–Trinajstić information content (AvgIpc) is 2.56. The van der Waals surface area contributed by atoms with E-state index in [-0.39, 0.29) is 12.4 Å². The number of hydrogen-bond acceptors (Lipinski definition) is 3. The van der Waals surface area contributed by atoms with E-state index in [0.29, 0.717) is 0 Å². The van der Waals surface area contributed by atoms with Crippen molar-refractivity contribution in [1.29, 1.82) is 0 Å². The van der Waals surface area contributed by atoms with Crippen LogP contribution in [0.2, 0.25) is 0 Å². The number of aliphatic hydroxyl groups is 1. The molecule has 14 heavy (non-hydrogen) atoms. The monoisotopic (exact) mass is 192 g/mol. The molecule has 0 saturated carbocycles. The van der Waals surface area contributed by atoms with Gasteiger partial charge in [0.05, 0.1) is 11.9 Å². The van der Waals surface area contributed by atoms with Crippen LogP contribution in [0.3, 0.4) is 0 Å². The first-order chi connectivity index (χ1) is 6.79. The number of nitrogens with zero attached hydrogens (tertiary/aromatic N) is 2. The largest absolute Gasteiger partial charge is 0.506 e. The van der Waals surface area contributed by atoms with Crippen LogP contribution in [-0.2, 0) is 6.42 Å². The lowest BCUT2D eigenvalue weighted by atomic mass is 10.3. The number of aliphatic hydroxyl groups excluding tert-OH is 1. The Labute approximate surface area is 81.5 Å². The first kappa shape index (κ1) is 9.02. The molecule has 2 rings (SSSR count). The number of pyridine rings is 1. The van der Waals surface area contributed by atoms with Gasteiger partial charge in [-0.3, -0.25) is 0 Å². The SMILES string of the molecule is OCCCc1cn2cc(O)ccc2n1. The molecule has 2 N–H and O–H groups in total. The van der Waals surface area contributed by atoms with Crippen LogP contribution in [0.1, 0.15) is 12.1 Å². The van der Waals surface area contributed by atoms with Gasteiger partial charge < -0.3 is 14.6 Å². The molecule has 0 unspecified atom stereocenters. The molecule has 2 heterocycles. The van der Waals surface area contributed by atoms with Gasteiger partial charge in [-0.2, -0.15) is 0 Å². The smallest absolute Gasteiger partial charge is 0.137 e. The number of hydrogen-bond donors (Lipinski definition) is 2. The van der Waals surface area contributed by atoms with Gasteiger partial charge in [-0.25, -0.2) is 4.98 Å². The van der Waals surface area contributed by atoms with Gasteiger partial charge in [-0.15, -0.1) is 0 Å². The minimum absolute atomic E-state index is 0.180. The number of aryl methyl sites for hydroxylation is 1. The number of rotatable bonds is 3. The lowest BCUT2D eigenvalue weighted by Crippen LogP contribution is -1.88. The van der Waals surface area contributed by atoms with Crippen molar-refractivity contribution >= 4 is 5.65 Å². The summed E-state index contributed by atoms with van der Waals surface area (Å²) in [7, 11) is 0. The molecule has 74 valence electrons. The molecule has 0 bridgehead atoms. The van der Waals surface area contributed by atoms with Crippen LogP contribution < -0.4 is 0 Å². The second-order valence-electron chi connectivity index (χ2n) is 3.21. The maximum Gasteiger partial charge on any atom is 0.137 e. The summed E-state index contributed by atoms with van der Waals surface area (Å²) in [6.45, 7) is 0.180. The van der Waals surface area contributed by atoms with Crippen LogP contribution in [0.4, 0.5) is 0 Å². The van der Waals surface area contributed by atoms with Crippen LogP contribution in [-0.4, -0.2) is 26.2 Å². The standard InChI is InChI=1S/C10H12N2O2/c13-5-1-2-8-6-12-7-9(14)3-4-10(12)11-8/h3-4,6-7,13-14H,1-2,5H2. The van der Waals surface area contributed by atoms with E-state index in [1.54, 1.807) is 22.7 Å². The van der Waals surface area contributed by atoms with Crippen LogP contribution >= 0.6 is 0 Å². The van der Waals surface area contributed by atoms with Gasteiger partial charge in [-0.1, -0.05) is 0 Å². The molecule has 0 aliphatic heterocycles. The number of aromatic hydroxyl groups is 1. The molecule has 4 heteroatoms. The summed E-state index contributed by atoms with van der Waals surface area (Å²) in [6.07, 6.45) is 4.96. The summed E-state index contributed by atoms with van der Waals surface area (Å²) >= 11 is 0. The summed E-state index contributed by atoms with van der Waals surface area (Å²) < 4.78 is 1.78. The Morgan fingerprint density at radius 2 is 2.14 bits per heavy atom. The van der Waals surface area contributed by atoms with Crippen molar-refractivity contribution in [3.05, 3.63) is 30.2 Å². The van der Waals surface area contributed by atoms with Crippen LogP contribution in [0.5, 0.6) is 5.75 Å². The van der Waals surface area contributed by atoms with Crippen molar-refractivity contribution in [2.24, 2.45) is 0 Å². The van der Waals surface area contributed by atoms with Gasteiger partial charge in [0, 0.05) is 12.8 Å². The van der Waals surface area contributed by atoms with Gasteiger partial charge in [-0.05, 0) is 25.0 Å². The highest BCUT2D eigenvalue weighted by Gasteiger charge is 2.01. The first-order valence-electron chi connectivity index (χ1n) is 4.57. The van der Waals surface area contributed by atoms with E-state index in [1.165, 1.54) is 0 Å². The molecule has 0 aliphatic carbocycles. The summed E-state index contributed by atoms with van der Waals surface area (Å²) in [4.78, 5) is 4.33. The topological polar surface area (TPSA) is 57.8 Å². The predicted molar refractivity (Wildman–Crippen MR) is 52.3 cm³/mol. The molecule has 0 spiro atoms. The molecule has 0 radical (unpaired) electrons. The highest BCUT2D eigenvalue weighted by atomic mass is 16.3. The molecular weight excluding hydrogens is 180 g/mol. The quantitative estimate of drug-likeness (QED) is 0.761. The lowest BCUT2D eigenvalue weighted by molar-refractivity contribution is 0.288. The number of fused-ring (bicyclic) bond motifs is 1. The third-order valence-corrected chi connectivity index (χ3v) is 2.08. The number of imidazole rings is 1. The third kappa shape index (κ3) is 1.70. The van der Waals surface area contributed by atoms with E-state index >= 15 is 0 Å². The van der Waals surface area contributed by atoms with Gasteiger partial charge in [0.1, 0.15) is 11.4 Å². The fourth-order valence-corrected chi connectivity index (χ4v) is 1.41. The van der Waals surface area contributed by atoms with Gasteiger partial charge in [0.2, 0.25) is 0 Å². The van der Waals surface area contributed by atoms with Gasteiger partial charge in [0.15, 0.2) is 0 Å². The van der Waals surface area contributed by atoms with Crippen molar-refractivity contribution in [2.45, 2.75) is 12.8 Å². The Balaban J connectivity index is 2.32. The van der Waals surface area contributed by atoms with E-state index in [4.69, 9.17) is 5.11 Å². The Morgan fingerprint density at radius 3 is 2.93 bits per heavy atom. The zero-order valence-electron chi connectivity index (χ0n) is 7.72. The van der Waals surface area contributed by atoms with Crippen LogP contribution in [0.25, 0.3) is 5.65 Å². The maximum absolute atomic E-state index is 9.23. The summed E-state index contributed by atoms with van der Waals surface area (Å²) in [5.74, 6) is 0.226. The fraction of sp³-hybridized carbons (Fsp3) is 0.300. The summed E-state index contributed by atoms with van der Waals surface area (Å²) in [5, 5.41) is 17.9. The van der Waals surface area contributed by atoms with E-state index in [2.05, 4.69) is 4.98 Å². The Kier molecular flexibility index (Phi) is 2.37. The van der Waals surface area contributed by atoms with Crippen molar-refractivity contribution in [3.8, 4) is 5.75 Å². The molecule has 0 fully saturated rings. The maximum atomic E-state index is 9.23. The first-order valence-corrected chi connectivity index (χ1v) is 4.57. The molecular formula is C10H12N2O2. The molecule has 0 aromatic carbocycles. The summed E-state index contributed by atoms with van der Waals surface area (Å²) in [6, 6.07) is 3.37. The lowest BCUT2D eigenvalue weighted by Gasteiger charge is -1.92. The molecule has 2 aromatic rings. The molecule has 0 amide bonds. The second kappa shape index (κ2) is 3.67. The van der Waals surface area contributed by atoms with Crippen molar-refractivity contribution in [3.63, 3.8) is 0 Å². The highest BCUT2D eigenvalue weighted by molar-refractivity contribution is 5.42. The van der Waals surface area contributed by atoms with Crippen molar-refractivity contribution in [1.82, 2.24) is 9.38 Å². The Bertz CT molecular complexity index is 437. The molecule has 0 saturated heterocycles. The van der Waals surface area contributed by atoms with E-state index < -0.39 is 0 Å². The van der Waals surface area contributed by atoms with Gasteiger partial charge >= 0.3 is 0 Å². The Hall–Kier alpha value is -1.55. The van der Waals surface area contributed by atoms with E-state index in [1.807, 2.05) is 6.20 Å². The summed E-state index contributed by atoms with van der Waals surface area (Å²) in [5.41, 5.74) is 1.75. The fourth-order valence-electron chi connectivity index (χ4n) is 1.41. The second-order valence-corrected chi connectivity index (χ2v) is 3.21. The van der Waals surface area contributed by atoms with Crippen LogP contribution in [0.15, 0.2) is 24.5 Å². The Morgan fingerprint density at radius 1 is 1.29 bits per heavy atom. The average molecular weight is 192 g/mol. The minimum atomic E-state index is 0.180. The van der Waals surface area contributed by atoms with Crippen molar-refractivity contribution in [2.75, 3.05) is 6.61 Å². The highest BCUT2D eigenvalue weighted by Crippen LogP contribution is 2.12. The minimum Gasteiger partial charge on any atom is -0.506 e. The molecule has 2 aromatic heterocycles. The predicted octanol–water partition coefficient (Wildman–Crippen LogP) is 0.965. The van der Waals surface area contributed by atoms with Crippen molar-refractivity contribution < 1.29 is 10.2 Å². The van der Waals surface area contributed by atoms with Crippen LogP contribution in [0, 0.1) is 0 Å². The molecule has 0 atom stereocenters. The van der Waals surface area contributed by atoms with E-state index in [0.717, 1.165) is 24.2 Å². The third-order valence-electron chi connectivity index (χ3n) is 2.08. The molecule has 0 aliphatic rings. The zero-order chi connectivity index (χ0) is 9.97. The zero-order valence-corrected chi connectivity index (χ0v) is 7.72. The molecule has 4 nitrogen and oxygen atoms in total. The normalized spacial score (nSPS) is 10.9. The van der Waals surface area contributed by atoms with E-state index in [9.17, 15) is 5.11 Å². The van der Waals surface area contributed by atoms with Gasteiger partial charge in [0.25, 0.3) is 0 Å². The number of aromatic nitrogens is 2.